The Kier molecular flexibility index (Phi) is 7.25. The summed E-state index contributed by atoms with van der Waals surface area (Å²) in [6, 6.07) is 14.4. The topological polar surface area (TPSA) is 25.8 Å². The van der Waals surface area contributed by atoms with E-state index in [9.17, 15) is 13.2 Å². The molecule has 0 amide bonds. The zero-order chi connectivity index (χ0) is 24.1. The lowest BCUT2D eigenvalue weighted by Gasteiger charge is -2.10. The molecule has 0 aliphatic heterocycles. The molecule has 0 atom stereocenters. The summed E-state index contributed by atoms with van der Waals surface area (Å²) in [4.78, 5) is 8.87. The van der Waals surface area contributed by atoms with E-state index in [-0.39, 0.29) is 5.82 Å². The smallest absolute Gasteiger partial charge is 0.241 e. The Bertz CT molecular complexity index is 1250. The Hall–Kier alpha value is -3.28. The van der Waals surface area contributed by atoms with Crippen molar-refractivity contribution in [3.05, 3.63) is 106 Å². The Balaban J connectivity index is 1.41. The third kappa shape index (κ3) is 5.79. The van der Waals surface area contributed by atoms with Crippen molar-refractivity contribution in [2.45, 2.75) is 51.6 Å². The second-order valence-electron chi connectivity index (χ2n) is 8.55. The molecule has 0 bridgehead atoms. The number of hydrogen-bond donors (Lipinski definition) is 0. The van der Waals surface area contributed by atoms with Crippen molar-refractivity contribution in [2.24, 2.45) is 0 Å². The SMILES string of the molecule is CCCc1cnc(CCc2ccc3c(F)c(CCc4ccc(C(F)(F)F)cc4)ccc3c2)nc1. The van der Waals surface area contributed by atoms with E-state index in [2.05, 4.69) is 16.9 Å². The van der Waals surface area contributed by atoms with Gasteiger partial charge in [0.15, 0.2) is 0 Å². The Labute approximate surface area is 196 Å². The molecule has 0 radical (unpaired) electrons. The van der Waals surface area contributed by atoms with Crippen LogP contribution in [0.5, 0.6) is 0 Å². The van der Waals surface area contributed by atoms with Crippen LogP contribution in [0.1, 0.15) is 47.0 Å². The summed E-state index contributed by atoms with van der Waals surface area (Å²) in [6.07, 6.45) is 3.81. The normalized spacial score (nSPS) is 11.8. The number of aromatic nitrogens is 2. The molecule has 0 unspecified atom stereocenters. The number of halogens is 4. The van der Waals surface area contributed by atoms with Crippen molar-refractivity contribution in [2.75, 3.05) is 0 Å². The molecule has 6 heteroatoms. The zero-order valence-corrected chi connectivity index (χ0v) is 19.0. The number of nitrogens with zero attached hydrogens (tertiary/aromatic N) is 2. The molecule has 0 fully saturated rings. The molecule has 1 aromatic heterocycles. The number of hydrogen-bond acceptors (Lipinski definition) is 2. The fraction of sp³-hybridized carbons (Fsp3) is 0.286. The molecule has 4 rings (SSSR count). The van der Waals surface area contributed by atoms with Gasteiger partial charge in [0.25, 0.3) is 0 Å². The second-order valence-corrected chi connectivity index (χ2v) is 8.55. The lowest BCUT2D eigenvalue weighted by Crippen LogP contribution is -2.04. The van der Waals surface area contributed by atoms with Crippen LogP contribution in [0.3, 0.4) is 0 Å². The predicted octanol–water partition coefficient (Wildman–Crippen LogP) is 7.31. The molecule has 34 heavy (non-hydrogen) atoms. The van der Waals surface area contributed by atoms with Gasteiger partial charge in [0.1, 0.15) is 11.6 Å². The quantitative estimate of drug-likeness (QED) is 0.255. The van der Waals surface area contributed by atoms with Crippen LogP contribution in [0.25, 0.3) is 10.8 Å². The lowest BCUT2D eigenvalue weighted by molar-refractivity contribution is -0.137. The highest BCUT2D eigenvalue weighted by atomic mass is 19.4. The summed E-state index contributed by atoms with van der Waals surface area (Å²) in [5.41, 5.74) is 2.85. The van der Waals surface area contributed by atoms with Gasteiger partial charge in [0.2, 0.25) is 0 Å². The maximum atomic E-state index is 15.1. The summed E-state index contributed by atoms with van der Waals surface area (Å²) in [7, 11) is 0. The summed E-state index contributed by atoms with van der Waals surface area (Å²) >= 11 is 0. The summed E-state index contributed by atoms with van der Waals surface area (Å²) < 4.78 is 53.3. The molecule has 0 N–H and O–H groups in total. The van der Waals surface area contributed by atoms with E-state index in [1.54, 1.807) is 12.1 Å². The van der Waals surface area contributed by atoms with Gasteiger partial charge in [0.05, 0.1) is 5.56 Å². The average molecular weight is 467 g/mol. The molecule has 3 aromatic carbocycles. The maximum Gasteiger partial charge on any atom is 0.416 e. The molecular formula is C28H26F4N2. The minimum absolute atomic E-state index is 0.272. The van der Waals surface area contributed by atoms with Gasteiger partial charge in [-0.3, -0.25) is 0 Å². The van der Waals surface area contributed by atoms with Crippen LogP contribution < -0.4 is 0 Å². The number of alkyl halides is 3. The molecule has 0 saturated heterocycles. The van der Waals surface area contributed by atoms with Crippen molar-refractivity contribution in [3.8, 4) is 0 Å². The zero-order valence-electron chi connectivity index (χ0n) is 19.0. The van der Waals surface area contributed by atoms with E-state index in [4.69, 9.17) is 0 Å². The first-order valence-electron chi connectivity index (χ1n) is 11.5. The van der Waals surface area contributed by atoms with Gasteiger partial charge in [-0.25, -0.2) is 14.4 Å². The fourth-order valence-corrected chi connectivity index (χ4v) is 4.06. The first kappa shape index (κ1) is 23.9. The average Bonchev–Trinajstić information content (AvgIpc) is 2.83. The molecule has 1 heterocycles. The third-order valence-electron chi connectivity index (χ3n) is 6.00. The molecule has 0 spiro atoms. The second kappa shape index (κ2) is 10.3. The van der Waals surface area contributed by atoms with Gasteiger partial charge >= 0.3 is 6.18 Å². The molecule has 2 nitrogen and oxygen atoms in total. The maximum absolute atomic E-state index is 15.1. The van der Waals surface area contributed by atoms with Crippen molar-refractivity contribution in [1.82, 2.24) is 9.97 Å². The van der Waals surface area contributed by atoms with Gasteiger partial charge in [-0.05, 0) is 65.5 Å². The minimum atomic E-state index is -4.35. The number of aryl methyl sites for hydroxylation is 5. The molecule has 4 aromatic rings. The van der Waals surface area contributed by atoms with Gasteiger partial charge in [-0.15, -0.1) is 0 Å². The van der Waals surface area contributed by atoms with E-state index in [1.807, 2.05) is 30.6 Å². The van der Waals surface area contributed by atoms with Crippen molar-refractivity contribution in [3.63, 3.8) is 0 Å². The monoisotopic (exact) mass is 466 g/mol. The highest BCUT2D eigenvalue weighted by molar-refractivity contribution is 5.84. The van der Waals surface area contributed by atoms with E-state index in [0.717, 1.165) is 59.3 Å². The third-order valence-corrected chi connectivity index (χ3v) is 6.00. The van der Waals surface area contributed by atoms with Crippen LogP contribution >= 0.6 is 0 Å². The number of rotatable bonds is 8. The Morgan fingerprint density at radius 2 is 1.38 bits per heavy atom. The van der Waals surface area contributed by atoms with Gasteiger partial charge < -0.3 is 0 Å². The highest BCUT2D eigenvalue weighted by Gasteiger charge is 2.29. The van der Waals surface area contributed by atoms with E-state index in [1.165, 1.54) is 12.1 Å². The molecule has 0 aliphatic carbocycles. The van der Waals surface area contributed by atoms with E-state index in [0.29, 0.717) is 30.2 Å². The Morgan fingerprint density at radius 1 is 0.706 bits per heavy atom. The fourth-order valence-electron chi connectivity index (χ4n) is 4.06. The molecular weight excluding hydrogens is 440 g/mol. The van der Waals surface area contributed by atoms with Crippen LogP contribution in [0.15, 0.2) is 67.0 Å². The standard InChI is InChI=1S/C28H26F4N2/c1-2-3-21-17-33-26(34-18-21)15-8-20-7-14-25-23(16-20)11-10-22(27(25)29)9-4-19-5-12-24(13-6-19)28(30,31)32/h5-7,10-14,16-18H,2-4,8-9,15H2,1H3. The summed E-state index contributed by atoms with van der Waals surface area (Å²) in [5.74, 6) is 0.524. The highest BCUT2D eigenvalue weighted by Crippen LogP contribution is 2.29. The first-order valence-corrected chi connectivity index (χ1v) is 11.5. The van der Waals surface area contributed by atoms with Crippen molar-refractivity contribution < 1.29 is 17.6 Å². The van der Waals surface area contributed by atoms with Crippen LogP contribution in [0.2, 0.25) is 0 Å². The molecule has 0 aliphatic rings. The van der Waals surface area contributed by atoms with Crippen LogP contribution in [-0.4, -0.2) is 9.97 Å². The van der Waals surface area contributed by atoms with Crippen LogP contribution in [0.4, 0.5) is 17.6 Å². The number of fused-ring (bicyclic) bond motifs is 1. The summed E-state index contributed by atoms with van der Waals surface area (Å²) in [6.45, 7) is 2.12. The lowest BCUT2D eigenvalue weighted by atomic mass is 9.98. The molecule has 0 saturated carbocycles. The summed E-state index contributed by atoms with van der Waals surface area (Å²) in [5, 5.41) is 1.38. The van der Waals surface area contributed by atoms with Gasteiger partial charge in [-0.2, -0.15) is 13.2 Å². The molecule has 176 valence electrons. The van der Waals surface area contributed by atoms with Gasteiger partial charge in [-0.1, -0.05) is 55.8 Å². The van der Waals surface area contributed by atoms with Gasteiger partial charge in [0, 0.05) is 24.2 Å². The van der Waals surface area contributed by atoms with E-state index < -0.39 is 11.7 Å². The van der Waals surface area contributed by atoms with Crippen LogP contribution in [0, 0.1) is 5.82 Å². The number of benzene rings is 3. The van der Waals surface area contributed by atoms with Crippen molar-refractivity contribution >= 4 is 10.8 Å². The Morgan fingerprint density at radius 3 is 2.06 bits per heavy atom. The van der Waals surface area contributed by atoms with Crippen LogP contribution in [-0.2, 0) is 38.3 Å². The predicted molar refractivity (Wildman–Crippen MR) is 126 cm³/mol. The minimum Gasteiger partial charge on any atom is -0.241 e. The van der Waals surface area contributed by atoms with Crippen molar-refractivity contribution in [1.29, 1.82) is 0 Å². The van der Waals surface area contributed by atoms with E-state index >= 15 is 4.39 Å². The first-order chi connectivity index (χ1) is 16.3. The largest absolute Gasteiger partial charge is 0.416 e.